The van der Waals surface area contributed by atoms with Crippen molar-refractivity contribution in [3.05, 3.63) is 33.8 Å². The van der Waals surface area contributed by atoms with E-state index in [9.17, 15) is 4.79 Å². The summed E-state index contributed by atoms with van der Waals surface area (Å²) in [6.45, 7) is 5.87. The Kier molecular flexibility index (Phi) is 5.02. The quantitative estimate of drug-likeness (QED) is 0.838. The number of aryl methyl sites for hydroxylation is 1. The largest absolute Gasteiger partial charge is 0.347 e. The zero-order chi connectivity index (χ0) is 13.1. The van der Waals surface area contributed by atoms with E-state index in [1.54, 1.807) is 0 Å². The van der Waals surface area contributed by atoms with Crippen molar-refractivity contribution in [1.29, 1.82) is 0 Å². The van der Waals surface area contributed by atoms with Crippen molar-refractivity contribution in [1.82, 2.24) is 5.32 Å². The Morgan fingerprint density at radius 1 is 1.47 bits per heavy atom. The van der Waals surface area contributed by atoms with Crippen LogP contribution in [0.1, 0.15) is 36.2 Å². The highest BCUT2D eigenvalue weighted by Gasteiger charge is 2.21. The summed E-state index contributed by atoms with van der Waals surface area (Å²) in [6.07, 6.45) is 0.743. The van der Waals surface area contributed by atoms with Crippen molar-refractivity contribution in [3.8, 4) is 0 Å². The summed E-state index contributed by atoms with van der Waals surface area (Å²) >= 11 is 9.09. The van der Waals surface area contributed by atoms with E-state index >= 15 is 0 Å². The summed E-state index contributed by atoms with van der Waals surface area (Å²) < 4.78 is 0.906. The highest BCUT2D eigenvalue weighted by atomic mass is 79.9. The zero-order valence-corrected chi connectivity index (χ0v) is 12.7. The van der Waals surface area contributed by atoms with Gasteiger partial charge >= 0.3 is 0 Å². The van der Waals surface area contributed by atoms with Crippen LogP contribution in [0.3, 0.4) is 0 Å². The van der Waals surface area contributed by atoms with Crippen LogP contribution < -0.4 is 5.32 Å². The van der Waals surface area contributed by atoms with E-state index < -0.39 is 0 Å². The number of rotatable bonds is 4. The van der Waals surface area contributed by atoms with Gasteiger partial charge in [-0.3, -0.25) is 4.79 Å². The number of carbonyl (C=O) groups is 1. The van der Waals surface area contributed by atoms with Crippen LogP contribution in [0, 0.1) is 6.92 Å². The van der Waals surface area contributed by atoms with E-state index in [1.165, 1.54) is 0 Å². The number of halogens is 2. The molecule has 0 heterocycles. The third-order valence-electron chi connectivity index (χ3n) is 2.62. The van der Waals surface area contributed by atoms with Gasteiger partial charge in [-0.15, -0.1) is 11.6 Å². The van der Waals surface area contributed by atoms with Crippen molar-refractivity contribution < 1.29 is 4.79 Å². The van der Waals surface area contributed by atoms with Crippen LogP contribution in [-0.2, 0) is 0 Å². The molecule has 1 aromatic rings. The van der Waals surface area contributed by atoms with Crippen LogP contribution in [0.5, 0.6) is 0 Å². The van der Waals surface area contributed by atoms with Crippen LogP contribution in [0.15, 0.2) is 22.7 Å². The van der Waals surface area contributed by atoms with Crippen molar-refractivity contribution in [3.63, 3.8) is 0 Å². The molecule has 0 fully saturated rings. The highest BCUT2D eigenvalue weighted by molar-refractivity contribution is 9.10. The highest BCUT2D eigenvalue weighted by Crippen LogP contribution is 2.18. The fraction of sp³-hybridized carbons (Fsp3) is 0.462. The molecular formula is C13H17BrClNO. The molecule has 0 saturated carbocycles. The second-order valence-corrected chi connectivity index (χ2v) is 6.03. The lowest BCUT2D eigenvalue weighted by Gasteiger charge is -2.25. The zero-order valence-electron chi connectivity index (χ0n) is 10.3. The number of carbonyl (C=O) groups excluding carboxylic acids is 1. The lowest BCUT2D eigenvalue weighted by molar-refractivity contribution is 0.0911. The average Bonchev–Trinajstić information content (AvgIpc) is 2.20. The first-order chi connectivity index (χ1) is 7.85. The van der Waals surface area contributed by atoms with Crippen molar-refractivity contribution in [2.24, 2.45) is 0 Å². The minimum atomic E-state index is -0.284. The van der Waals surface area contributed by atoms with Crippen LogP contribution >= 0.6 is 27.5 Å². The summed E-state index contributed by atoms with van der Waals surface area (Å²) in [5.74, 6) is 0.476. The Balaban J connectivity index is 2.86. The molecule has 0 aliphatic heterocycles. The van der Waals surface area contributed by atoms with Gasteiger partial charge in [-0.2, -0.15) is 0 Å². The van der Waals surface area contributed by atoms with Crippen molar-refractivity contribution in [2.45, 2.75) is 32.7 Å². The normalized spacial score (nSPS) is 11.4. The second-order valence-electron chi connectivity index (χ2n) is 4.74. The number of amides is 1. The predicted molar refractivity (Wildman–Crippen MR) is 75.8 cm³/mol. The molecule has 94 valence electrons. The number of benzene rings is 1. The van der Waals surface area contributed by atoms with Gasteiger partial charge in [0, 0.05) is 21.5 Å². The van der Waals surface area contributed by atoms with Gasteiger partial charge in [-0.05, 0) is 44.9 Å². The molecule has 17 heavy (non-hydrogen) atoms. The third-order valence-corrected chi connectivity index (χ3v) is 3.30. The number of hydrogen-bond acceptors (Lipinski definition) is 1. The number of nitrogens with one attached hydrogen (secondary N) is 1. The Morgan fingerprint density at radius 2 is 2.12 bits per heavy atom. The smallest absolute Gasteiger partial charge is 0.251 e. The maximum absolute atomic E-state index is 12.1. The van der Waals surface area contributed by atoms with Gasteiger partial charge in [0.05, 0.1) is 0 Å². The lowest BCUT2D eigenvalue weighted by atomic mass is 10.0. The minimum Gasteiger partial charge on any atom is -0.347 e. The van der Waals surface area contributed by atoms with E-state index in [1.807, 2.05) is 39.0 Å². The molecule has 2 nitrogen and oxygen atoms in total. The maximum atomic E-state index is 12.1. The fourth-order valence-corrected chi connectivity index (χ4v) is 2.35. The topological polar surface area (TPSA) is 29.1 Å². The summed E-state index contributed by atoms with van der Waals surface area (Å²) in [4.78, 5) is 12.1. The van der Waals surface area contributed by atoms with Crippen LogP contribution in [0.4, 0.5) is 0 Å². The van der Waals surface area contributed by atoms with Crippen molar-refractivity contribution in [2.75, 3.05) is 5.88 Å². The van der Waals surface area contributed by atoms with Crippen LogP contribution in [0.2, 0.25) is 0 Å². The molecule has 4 heteroatoms. The summed E-state index contributed by atoms with van der Waals surface area (Å²) in [5.41, 5.74) is 1.38. The van der Waals surface area contributed by atoms with Gasteiger partial charge in [0.2, 0.25) is 0 Å². The molecule has 0 spiro atoms. The van der Waals surface area contributed by atoms with E-state index in [-0.39, 0.29) is 11.4 Å². The Bertz CT molecular complexity index is 418. The second kappa shape index (κ2) is 5.87. The van der Waals surface area contributed by atoms with Gasteiger partial charge in [0.1, 0.15) is 0 Å². The van der Waals surface area contributed by atoms with E-state index in [0.29, 0.717) is 11.4 Å². The monoisotopic (exact) mass is 317 g/mol. The van der Waals surface area contributed by atoms with Gasteiger partial charge < -0.3 is 5.32 Å². The van der Waals surface area contributed by atoms with Gasteiger partial charge in [0.15, 0.2) is 0 Å². The number of hydrogen-bond donors (Lipinski definition) is 1. The molecular weight excluding hydrogens is 302 g/mol. The number of alkyl halides is 1. The molecule has 1 rings (SSSR count). The Hall–Kier alpha value is -0.540. The molecule has 1 N–H and O–H groups in total. The van der Waals surface area contributed by atoms with Crippen molar-refractivity contribution >= 4 is 33.4 Å². The summed E-state index contributed by atoms with van der Waals surface area (Å²) in [5, 5.41) is 3.00. The molecule has 0 atom stereocenters. The van der Waals surface area contributed by atoms with Crippen LogP contribution in [-0.4, -0.2) is 17.3 Å². The minimum absolute atomic E-state index is 0.0566. The molecule has 0 radical (unpaired) electrons. The predicted octanol–water partition coefficient (Wildman–Crippen LogP) is 3.89. The van der Waals surface area contributed by atoms with E-state index in [0.717, 1.165) is 16.5 Å². The van der Waals surface area contributed by atoms with Gasteiger partial charge in [-0.1, -0.05) is 22.0 Å². The first kappa shape index (κ1) is 14.5. The molecule has 1 aromatic carbocycles. The molecule has 1 amide bonds. The van der Waals surface area contributed by atoms with E-state index in [2.05, 4.69) is 21.2 Å². The Labute approximate surface area is 116 Å². The Morgan fingerprint density at radius 3 is 2.71 bits per heavy atom. The average molecular weight is 319 g/mol. The molecule has 0 bridgehead atoms. The first-order valence-electron chi connectivity index (χ1n) is 5.50. The fourth-order valence-electron chi connectivity index (χ4n) is 1.51. The van der Waals surface area contributed by atoms with Gasteiger partial charge in [-0.25, -0.2) is 0 Å². The molecule has 0 aliphatic rings. The molecule has 0 aromatic heterocycles. The summed E-state index contributed by atoms with van der Waals surface area (Å²) in [6, 6.07) is 5.69. The maximum Gasteiger partial charge on any atom is 0.251 e. The molecule has 0 aliphatic carbocycles. The standard InChI is InChI=1S/C13H17BrClNO/c1-9-4-5-10(14)8-11(9)12(17)16-13(2,3)6-7-15/h4-5,8H,6-7H2,1-3H3,(H,16,17). The van der Waals surface area contributed by atoms with Crippen LogP contribution in [0.25, 0.3) is 0 Å². The summed E-state index contributed by atoms with van der Waals surface area (Å²) in [7, 11) is 0. The van der Waals surface area contributed by atoms with E-state index in [4.69, 9.17) is 11.6 Å². The first-order valence-corrected chi connectivity index (χ1v) is 6.83. The SMILES string of the molecule is Cc1ccc(Br)cc1C(=O)NC(C)(C)CCCl. The third kappa shape index (κ3) is 4.32. The molecule has 0 saturated heterocycles. The van der Waals surface area contributed by atoms with Gasteiger partial charge in [0.25, 0.3) is 5.91 Å². The lowest BCUT2D eigenvalue weighted by Crippen LogP contribution is -2.43. The molecule has 0 unspecified atom stereocenters.